The molecule has 116 valence electrons. The second-order valence-corrected chi connectivity index (χ2v) is 7.86. The Labute approximate surface area is 126 Å². The zero-order valence-electron chi connectivity index (χ0n) is 12.2. The van der Waals surface area contributed by atoms with E-state index in [1.54, 1.807) is 0 Å². The third kappa shape index (κ3) is 3.75. The number of hydrogen-bond acceptors (Lipinski definition) is 4. The summed E-state index contributed by atoms with van der Waals surface area (Å²) >= 11 is 0. The maximum absolute atomic E-state index is 11.3. The van der Waals surface area contributed by atoms with E-state index in [1.165, 1.54) is 16.8 Å². The molecule has 0 bridgehead atoms. The largest absolute Gasteiger partial charge is 0.384 e. The highest BCUT2D eigenvalue weighted by molar-refractivity contribution is 7.89. The fraction of sp³-hybridized carbons (Fsp3) is 0.600. The lowest BCUT2D eigenvalue weighted by Gasteiger charge is -2.32. The Morgan fingerprint density at radius 2 is 2.24 bits per heavy atom. The highest BCUT2D eigenvalue weighted by Gasteiger charge is 2.24. The number of sulfonamides is 1. The first-order chi connectivity index (χ1) is 10.0. The second-order valence-electron chi connectivity index (χ2n) is 6.20. The number of hydrogen-bond donors (Lipinski definition) is 2. The van der Waals surface area contributed by atoms with Crippen LogP contribution in [0.25, 0.3) is 0 Å². The van der Waals surface area contributed by atoms with Crippen molar-refractivity contribution in [1.82, 2.24) is 4.90 Å². The van der Waals surface area contributed by atoms with E-state index in [4.69, 9.17) is 5.14 Å². The smallest absolute Gasteiger partial charge is 0.209 e. The predicted molar refractivity (Wildman–Crippen MR) is 84.6 cm³/mol. The van der Waals surface area contributed by atoms with Crippen LogP contribution in [0, 0.1) is 5.92 Å². The van der Waals surface area contributed by atoms with Gasteiger partial charge >= 0.3 is 0 Å². The lowest BCUT2D eigenvalue weighted by atomic mass is 9.99. The fourth-order valence-electron chi connectivity index (χ4n) is 3.54. The van der Waals surface area contributed by atoms with Crippen LogP contribution in [-0.2, 0) is 23.0 Å². The molecule has 1 aromatic rings. The van der Waals surface area contributed by atoms with Gasteiger partial charge in [-0.15, -0.1) is 0 Å². The van der Waals surface area contributed by atoms with Crippen molar-refractivity contribution in [2.75, 3.05) is 30.7 Å². The molecule has 0 aromatic heterocycles. The van der Waals surface area contributed by atoms with Crippen molar-refractivity contribution >= 4 is 15.7 Å². The number of nitrogens with zero attached hydrogens (tertiary/aromatic N) is 1. The van der Waals surface area contributed by atoms with Gasteiger partial charge < -0.3 is 5.32 Å². The van der Waals surface area contributed by atoms with Crippen molar-refractivity contribution < 1.29 is 8.42 Å². The summed E-state index contributed by atoms with van der Waals surface area (Å²) in [5.41, 5.74) is 4.00. The minimum absolute atomic E-state index is 0.106. The van der Waals surface area contributed by atoms with E-state index in [0.29, 0.717) is 0 Å². The molecule has 2 aliphatic heterocycles. The number of para-hydroxylation sites is 1. The van der Waals surface area contributed by atoms with Crippen LogP contribution in [0.5, 0.6) is 0 Å². The van der Waals surface area contributed by atoms with Gasteiger partial charge in [0.05, 0.1) is 5.75 Å². The summed E-state index contributed by atoms with van der Waals surface area (Å²) in [7, 11) is -3.37. The van der Waals surface area contributed by atoms with Crippen LogP contribution in [0.1, 0.15) is 24.0 Å². The van der Waals surface area contributed by atoms with Gasteiger partial charge in [-0.05, 0) is 42.9 Å². The lowest BCUT2D eigenvalue weighted by Crippen LogP contribution is -2.38. The summed E-state index contributed by atoms with van der Waals surface area (Å²) in [6, 6.07) is 6.46. The molecule has 0 radical (unpaired) electrons. The molecule has 0 saturated carbocycles. The maximum atomic E-state index is 11.3. The monoisotopic (exact) mass is 309 g/mol. The Morgan fingerprint density at radius 3 is 3.05 bits per heavy atom. The molecule has 0 aliphatic carbocycles. The minimum Gasteiger partial charge on any atom is -0.384 e. The average molecular weight is 309 g/mol. The third-order valence-corrected chi connectivity index (χ3v) is 5.33. The number of nitrogens with one attached hydrogen (secondary N) is 1. The molecule has 21 heavy (non-hydrogen) atoms. The number of likely N-dealkylation sites (tertiary alicyclic amines) is 1. The van der Waals surface area contributed by atoms with Gasteiger partial charge in [-0.25, -0.2) is 13.6 Å². The Morgan fingerprint density at radius 1 is 1.38 bits per heavy atom. The number of primary sulfonamides is 1. The Balaban J connectivity index is 1.67. The lowest BCUT2D eigenvalue weighted by molar-refractivity contribution is 0.178. The molecule has 1 unspecified atom stereocenters. The second kappa shape index (κ2) is 5.94. The van der Waals surface area contributed by atoms with E-state index in [2.05, 4.69) is 28.4 Å². The Hall–Kier alpha value is -1.11. The van der Waals surface area contributed by atoms with Crippen LogP contribution in [0.2, 0.25) is 0 Å². The molecule has 5 nitrogen and oxygen atoms in total. The standard InChI is InChI=1S/C15H23N3O2S/c16-21(19,20)11-12-3-2-8-18(9-12)10-14-5-1-4-13-6-7-17-15(13)14/h1,4-5,12,17H,2-3,6-11H2,(H2,16,19,20). The first-order valence-corrected chi connectivity index (χ1v) is 9.30. The maximum Gasteiger partial charge on any atom is 0.209 e. The molecule has 1 aromatic carbocycles. The van der Waals surface area contributed by atoms with E-state index in [-0.39, 0.29) is 11.7 Å². The van der Waals surface area contributed by atoms with Crippen molar-refractivity contribution in [3.05, 3.63) is 29.3 Å². The number of benzene rings is 1. The zero-order valence-corrected chi connectivity index (χ0v) is 13.0. The van der Waals surface area contributed by atoms with Gasteiger partial charge in [-0.2, -0.15) is 0 Å². The van der Waals surface area contributed by atoms with Crippen molar-refractivity contribution in [1.29, 1.82) is 0 Å². The molecule has 3 N–H and O–H groups in total. The topological polar surface area (TPSA) is 75.4 Å². The zero-order chi connectivity index (χ0) is 14.9. The molecule has 6 heteroatoms. The van der Waals surface area contributed by atoms with Gasteiger partial charge in [0.25, 0.3) is 0 Å². The van der Waals surface area contributed by atoms with Crippen molar-refractivity contribution in [2.45, 2.75) is 25.8 Å². The minimum atomic E-state index is -3.37. The molecule has 2 heterocycles. The first kappa shape index (κ1) is 14.8. The quantitative estimate of drug-likeness (QED) is 0.875. The van der Waals surface area contributed by atoms with Gasteiger partial charge in [-0.1, -0.05) is 18.2 Å². The Kier molecular flexibility index (Phi) is 4.19. The van der Waals surface area contributed by atoms with E-state index in [1.807, 2.05) is 0 Å². The van der Waals surface area contributed by atoms with Crippen LogP contribution in [0.4, 0.5) is 5.69 Å². The summed E-state index contributed by atoms with van der Waals surface area (Å²) in [6.45, 7) is 3.75. The summed E-state index contributed by atoms with van der Waals surface area (Å²) in [5, 5.41) is 8.65. The summed E-state index contributed by atoms with van der Waals surface area (Å²) in [4.78, 5) is 2.36. The van der Waals surface area contributed by atoms with E-state index in [0.717, 1.165) is 45.4 Å². The Bertz CT molecular complexity index is 615. The van der Waals surface area contributed by atoms with Gasteiger partial charge in [0, 0.05) is 25.3 Å². The summed E-state index contributed by atoms with van der Waals surface area (Å²) in [5.74, 6) is 0.271. The molecular weight excluding hydrogens is 286 g/mol. The van der Waals surface area contributed by atoms with E-state index < -0.39 is 10.0 Å². The number of anilines is 1. The molecule has 0 spiro atoms. The van der Waals surface area contributed by atoms with Crippen LogP contribution >= 0.6 is 0 Å². The highest BCUT2D eigenvalue weighted by atomic mass is 32.2. The third-order valence-electron chi connectivity index (χ3n) is 4.40. The summed E-state index contributed by atoms with van der Waals surface area (Å²) in [6.07, 6.45) is 3.10. The number of piperidine rings is 1. The van der Waals surface area contributed by atoms with Crippen molar-refractivity contribution in [3.63, 3.8) is 0 Å². The SMILES string of the molecule is NS(=O)(=O)CC1CCCN(Cc2cccc3c2NCC3)C1. The fourth-order valence-corrected chi connectivity index (χ4v) is 4.47. The normalized spacial score (nSPS) is 22.8. The molecular formula is C15H23N3O2S. The van der Waals surface area contributed by atoms with Gasteiger partial charge in [0.15, 0.2) is 0 Å². The van der Waals surface area contributed by atoms with Gasteiger partial charge in [0.1, 0.15) is 0 Å². The van der Waals surface area contributed by atoms with Crippen LogP contribution < -0.4 is 10.5 Å². The van der Waals surface area contributed by atoms with Crippen molar-refractivity contribution in [2.24, 2.45) is 11.1 Å². The van der Waals surface area contributed by atoms with Crippen LogP contribution in [0.15, 0.2) is 18.2 Å². The van der Waals surface area contributed by atoms with Crippen LogP contribution in [-0.4, -0.2) is 38.7 Å². The van der Waals surface area contributed by atoms with E-state index >= 15 is 0 Å². The molecule has 0 amide bonds. The number of fused-ring (bicyclic) bond motifs is 1. The molecule has 1 saturated heterocycles. The van der Waals surface area contributed by atoms with Crippen LogP contribution in [0.3, 0.4) is 0 Å². The molecule has 3 rings (SSSR count). The summed E-state index contributed by atoms with van der Waals surface area (Å²) < 4.78 is 22.5. The van der Waals surface area contributed by atoms with Gasteiger partial charge in [0.2, 0.25) is 10.0 Å². The van der Waals surface area contributed by atoms with Gasteiger partial charge in [-0.3, -0.25) is 4.90 Å². The predicted octanol–water partition coefficient (Wildman–Crippen LogP) is 1.16. The van der Waals surface area contributed by atoms with Crippen molar-refractivity contribution in [3.8, 4) is 0 Å². The average Bonchev–Trinajstić information content (AvgIpc) is 2.86. The number of nitrogens with two attached hydrogens (primary N) is 1. The number of rotatable bonds is 4. The highest BCUT2D eigenvalue weighted by Crippen LogP contribution is 2.28. The molecule has 1 atom stereocenters. The molecule has 1 fully saturated rings. The van der Waals surface area contributed by atoms with E-state index in [9.17, 15) is 8.42 Å². The first-order valence-electron chi connectivity index (χ1n) is 7.59. The molecule has 2 aliphatic rings.